The van der Waals surface area contributed by atoms with Gasteiger partial charge in [0.15, 0.2) is 0 Å². The Kier molecular flexibility index (Phi) is 8.40. The zero-order chi connectivity index (χ0) is 10.1. The van der Waals surface area contributed by atoms with E-state index in [1.165, 1.54) is 12.8 Å². The van der Waals surface area contributed by atoms with Crippen LogP contribution in [0.25, 0.3) is 0 Å². The summed E-state index contributed by atoms with van der Waals surface area (Å²) in [5.41, 5.74) is 5.38. The molecule has 0 aliphatic rings. The predicted molar refractivity (Wildman–Crippen MR) is 58.9 cm³/mol. The van der Waals surface area contributed by atoms with E-state index in [1.807, 2.05) is 0 Å². The van der Waals surface area contributed by atoms with Crippen LogP contribution >= 0.6 is 0 Å². The van der Waals surface area contributed by atoms with Crippen molar-refractivity contribution in [3.8, 4) is 0 Å². The number of nitrogens with two attached hydrogens (primary N) is 1. The highest BCUT2D eigenvalue weighted by Gasteiger charge is 2.02. The Morgan fingerprint density at radius 1 is 1.23 bits per heavy atom. The molecule has 3 heteroatoms. The van der Waals surface area contributed by atoms with Gasteiger partial charge in [0.1, 0.15) is 0 Å². The lowest BCUT2D eigenvalue weighted by Crippen LogP contribution is -2.26. The largest absolute Gasteiger partial charge is 0.330 e. The summed E-state index contributed by atoms with van der Waals surface area (Å²) in [6.07, 6.45) is 3.61. The molecular formula is C10H25N3. The van der Waals surface area contributed by atoms with Crippen LogP contribution in [0.2, 0.25) is 0 Å². The van der Waals surface area contributed by atoms with Gasteiger partial charge in [-0.05, 0) is 59.9 Å². The van der Waals surface area contributed by atoms with Crippen molar-refractivity contribution in [2.24, 2.45) is 5.73 Å². The topological polar surface area (TPSA) is 41.3 Å². The average molecular weight is 187 g/mol. The SMILES string of the molecule is CC(CCCNCCCN)N(C)C. The summed E-state index contributed by atoms with van der Waals surface area (Å²) in [5, 5.41) is 3.38. The summed E-state index contributed by atoms with van der Waals surface area (Å²) >= 11 is 0. The molecule has 0 aliphatic heterocycles. The molecule has 13 heavy (non-hydrogen) atoms. The van der Waals surface area contributed by atoms with E-state index in [0.717, 1.165) is 26.1 Å². The minimum atomic E-state index is 0.691. The third-order valence-electron chi connectivity index (χ3n) is 2.41. The molecule has 0 aliphatic carbocycles. The number of hydrogen-bond acceptors (Lipinski definition) is 3. The van der Waals surface area contributed by atoms with Crippen molar-refractivity contribution in [3.05, 3.63) is 0 Å². The normalized spacial score (nSPS) is 13.6. The van der Waals surface area contributed by atoms with Crippen molar-refractivity contribution in [3.63, 3.8) is 0 Å². The highest BCUT2D eigenvalue weighted by Crippen LogP contribution is 2.00. The lowest BCUT2D eigenvalue weighted by molar-refractivity contribution is 0.293. The van der Waals surface area contributed by atoms with Crippen molar-refractivity contribution >= 4 is 0 Å². The zero-order valence-corrected chi connectivity index (χ0v) is 9.34. The maximum Gasteiger partial charge on any atom is 0.00613 e. The lowest BCUT2D eigenvalue weighted by Gasteiger charge is -2.19. The molecule has 0 aromatic heterocycles. The van der Waals surface area contributed by atoms with Crippen LogP contribution in [-0.2, 0) is 0 Å². The van der Waals surface area contributed by atoms with Crippen LogP contribution in [0.3, 0.4) is 0 Å². The molecule has 0 rings (SSSR count). The van der Waals surface area contributed by atoms with Gasteiger partial charge in [0.05, 0.1) is 0 Å². The van der Waals surface area contributed by atoms with Gasteiger partial charge in [-0.3, -0.25) is 0 Å². The Bertz CT molecular complexity index is 104. The van der Waals surface area contributed by atoms with E-state index >= 15 is 0 Å². The van der Waals surface area contributed by atoms with Crippen LogP contribution in [0.4, 0.5) is 0 Å². The Hall–Kier alpha value is -0.120. The van der Waals surface area contributed by atoms with Crippen molar-refractivity contribution in [2.75, 3.05) is 33.7 Å². The molecule has 0 amide bonds. The number of nitrogens with zero attached hydrogens (tertiary/aromatic N) is 1. The van der Waals surface area contributed by atoms with Gasteiger partial charge in [0.25, 0.3) is 0 Å². The maximum absolute atomic E-state index is 5.38. The smallest absolute Gasteiger partial charge is 0.00613 e. The van der Waals surface area contributed by atoms with Gasteiger partial charge in [0.2, 0.25) is 0 Å². The Morgan fingerprint density at radius 2 is 1.85 bits per heavy atom. The van der Waals surface area contributed by atoms with Gasteiger partial charge in [-0.15, -0.1) is 0 Å². The van der Waals surface area contributed by atoms with Crippen molar-refractivity contribution in [1.82, 2.24) is 10.2 Å². The second-order valence-electron chi connectivity index (χ2n) is 3.85. The number of nitrogens with one attached hydrogen (secondary N) is 1. The quantitative estimate of drug-likeness (QED) is 0.548. The second-order valence-corrected chi connectivity index (χ2v) is 3.85. The van der Waals surface area contributed by atoms with Crippen LogP contribution in [0, 0.1) is 0 Å². The van der Waals surface area contributed by atoms with Crippen molar-refractivity contribution < 1.29 is 0 Å². The zero-order valence-electron chi connectivity index (χ0n) is 9.34. The van der Waals surface area contributed by atoms with Gasteiger partial charge >= 0.3 is 0 Å². The van der Waals surface area contributed by atoms with Gasteiger partial charge in [-0.1, -0.05) is 0 Å². The highest BCUT2D eigenvalue weighted by atomic mass is 15.1. The maximum atomic E-state index is 5.38. The van der Waals surface area contributed by atoms with Gasteiger partial charge in [0, 0.05) is 6.04 Å². The van der Waals surface area contributed by atoms with E-state index in [9.17, 15) is 0 Å². The Balaban J connectivity index is 3.07. The molecule has 0 aromatic rings. The molecule has 80 valence electrons. The predicted octanol–water partition coefficient (Wildman–Crippen LogP) is 0.655. The highest BCUT2D eigenvalue weighted by molar-refractivity contribution is 4.60. The van der Waals surface area contributed by atoms with E-state index in [0.29, 0.717) is 6.04 Å². The molecule has 3 N–H and O–H groups in total. The van der Waals surface area contributed by atoms with Crippen molar-refractivity contribution in [2.45, 2.75) is 32.2 Å². The first-order valence-corrected chi connectivity index (χ1v) is 5.25. The molecular weight excluding hydrogens is 162 g/mol. The molecule has 3 nitrogen and oxygen atoms in total. The van der Waals surface area contributed by atoms with E-state index < -0.39 is 0 Å². The fourth-order valence-electron chi connectivity index (χ4n) is 1.13. The first-order chi connectivity index (χ1) is 6.18. The van der Waals surface area contributed by atoms with E-state index in [2.05, 4.69) is 31.2 Å². The molecule has 0 fully saturated rings. The molecule has 0 saturated carbocycles. The van der Waals surface area contributed by atoms with E-state index in [4.69, 9.17) is 5.73 Å². The van der Waals surface area contributed by atoms with Crippen LogP contribution in [0.5, 0.6) is 0 Å². The molecule has 0 bridgehead atoms. The summed E-state index contributed by atoms with van der Waals surface area (Å²) in [7, 11) is 4.26. The monoisotopic (exact) mass is 187 g/mol. The molecule has 0 radical (unpaired) electrons. The summed E-state index contributed by atoms with van der Waals surface area (Å²) in [4.78, 5) is 2.26. The molecule has 0 spiro atoms. The number of hydrogen-bond donors (Lipinski definition) is 2. The minimum absolute atomic E-state index is 0.691. The summed E-state index contributed by atoms with van der Waals surface area (Å²) in [6.45, 7) is 5.24. The first-order valence-electron chi connectivity index (χ1n) is 5.25. The van der Waals surface area contributed by atoms with E-state index in [1.54, 1.807) is 0 Å². The minimum Gasteiger partial charge on any atom is -0.330 e. The molecule has 1 unspecified atom stereocenters. The number of rotatable bonds is 8. The lowest BCUT2D eigenvalue weighted by atomic mass is 10.1. The summed E-state index contributed by atoms with van der Waals surface area (Å²) < 4.78 is 0. The fourth-order valence-corrected chi connectivity index (χ4v) is 1.13. The van der Waals surface area contributed by atoms with Crippen LogP contribution in [-0.4, -0.2) is 44.7 Å². The third-order valence-corrected chi connectivity index (χ3v) is 2.41. The Labute approximate surface area is 82.7 Å². The third kappa shape index (κ3) is 8.22. The molecule has 0 aromatic carbocycles. The average Bonchev–Trinajstić information content (AvgIpc) is 2.10. The summed E-state index contributed by atoms with van der Waals surface area (Å²) in [5.74, 6) is 0. The van der Waals surface area contributed by atoms with Crippen LogP contribution in [0.1, 0.15) is 26.2 Å². The standard InChI is InChI=1S/C10H25N3/c1-10(13(2)3)6-4-8-12-9-5-7-11/h10,12H,4-9,11H2,1-3H3. The molecule has 0 saturated heterocycles. The first kappa shape index (κ1) is 12.9. The van der Waals surface area contributed by atoms with Crippen LogP contribution in [0.15, 0.2) is 0 Å². The summed E-state index contributed by atoms with van der Waals surface area (Å²) in [6, 6.07) is 0.691. The Morgan fingerprint density at radius 3 is 2.38 bits per heavy atom. The molecule has 0 heterocycles. The van der Waals surface area contributed by atoms with Gasteiger partial charge in [-0.25, -0.2) is 0 Å². The second kappa shape index (κ2) is 8.48. The van der Waals surface area contributed by atoms with Gasteiger partial charge < -0.3 is 16.0 Å². The fraction of sp³-hybridized carbons (Fsp3) is 1.00. The van der Waals surface area contributed by atoms with Crippen LogP contribution < -0.4 is 11.1 Å². The van der Waals surface area contributed by atoms with E-state index in [-0.39, 0.29) is 0 Å². The van der Waals surface area contributed by atoms with Crippen molar-refractivity contribution in [1.29, 1.82) is 0 Å². The molecule has 1 atom stereocenters. The van der Waals surface area contributed by atoms with Gasteiger partial charge in [-0.2, -0.15) is 0 Å².